The van der Waals surface area contributed by atoms with Crippen LogP contribution in [0.15, 0.2) is 36.4 Å². The van der Waals surface area contributed by atoms with Crippen molar-refractivity contribution in [3.63, 3.8) is 0 Å². The van der Waals surface area contributed by atoms with Crippen LogP contribution in [0.2, 0.25) is 0 Å². The zero-order valence-corrected chi connectivity index (χ0v) is 28.0. The Morgan fingerprint density at radius 3 is 1.26 bits per heavy atom. The molecule has 2 rings (SSSR count). The van der Waals surface area contributed by atoms with Crippen LogP contribution in [0, 0.1) is 11.8 Å². The summed E-state index contributed by atoms with van der Waals surface area (Å²) in [5, 5.41) is 20.8. The van der Waals surface area contributed by atoms with Gasteiger partial charge in [-0.1, -0.05) is 78.4 Å². The number of aryl methyl sites for hydroxylation is 2. The van der Waals surface area contributed by atoms with E-state index in [9.17, 15) is 29.4 Å². The Morgan fingerprint density at radius 2 is 0.935 bits per heavy atom. The third kappa shape index (κ3) is 12.7. The summed E-state index contributed by atoms with van der Waals surface area (Å²) in [6, 6.07) is 9.89. The van der Waals surface area contributed by atoms with Crippen LogP contribution in [0.25, 0.3) is 0 Å². The van der Waals surface area contributed by atoms with Crippen LogP contribution in [-0.4, -0.2) is 33.8 Å². The second kappa shape index (κ2) is 20.9. The van der Waals surface area contributed by atoms with Crippen molar-refractivity contribution in [1.82, 2.24) is 21.7 Å². The van der Waals surface area contributed by atoms with Crippen molar-refractivity contribution < 1.29 is 29.4 Å². The number of phenolic OH excluding ortho intramolecular Hbond substituents is 2. The Bertz CT molecular complexity index is 1180. The number of hydrazine groups is 2. The number of unbranched alkanes of at least 4 members (excludes halogenated alkanes) is 4. The maximum absolute atomic E-state index is 13.0. The summed E-state index contributed by atoms with van der Waals surface area (Å²) in [4.78, 5) is 51.4. The number of carbonyl (C=O) groups excluding carboxylic acids is 4. The summed E-state index contributed by atoms with van der Waals surface area (Å²) in [6.45, 7) is 8.16. The molecule has 2 unspecified atom stereocenters. The molecule has 6 N–H and O–H groups in total. The van der Waals surface area contributed by atoms with Crippen LogP contribution < -0.4 is 21.7 Å². The highest BCUT2D eigenvalue weighted by Crippen LogP contribution is 2.23. The quantitative estimate of drug-likeness (QED) is 0.0773. The number of nitrogens with one attached hydrogen (secondary N) is 4. The van der Waals surface area contributed by atoms with Crippen LogP contribution >= 0.6 is 0 Å². The number of amides is 4. The molecular weight excluding hydrogens is 584 g/mol. The highest BCUT2D eigenvalue weighted by molar-refractivity contribution is 5.98. The van der Waals surface area contributed by atoms with Gasteiger partial charge in [0.05, 0.1) is 11.1 Å². The molecule has 2 atom stereocenters. The molecular formula is C36H54N4O6. The number of hydrogen-bond donors (Lipinski definition) is 6. The fraction of sp³-hybridized carbons (Fsp3) is 0.556. The number of phenols is 2. The fourth-order valence-corrected chi connectivity index (χ4v) is 5.50. The van der Waals surface area contributed by atoms with Gasteiger partial charge < -0.3 is 10.2 Å². The molecule has 0 heterocycles. The predicted octanol–water partition coefficient (Wildman–Crippen LogP) is 6.40. The van der Waals surface area contributed by atoms with E-state index in [0.717, 1.165) is 75.3 Å². The minimum absolute atomic E-state index is 0.0737. The largest absolute Gasteiger partial charge is 0.507 e. The summed E-state index contributed by atoms with van der Waals surface area (Å²) in [5.41, 5.74) is 11.8. The topological polar surface area (TPSA) is 157 Å². The van der Waals surface area contributed by atoms with Crippen molar-refractivity contribution in [3.8, 4) is 11.5 Å². The monoisotopic (exact) mass is 638 g/mol. The Balaban J connectivity index is 1.91. The number of hydrogen-bond acceptors (Lipinski definition) is 6. The molecule has 254 valence electrons. The first-order chi connectivity index (χ1) is 22.1. The van der Waals surface area contributed by atoms with Crippen molar-refractivity contribution in [2.45, 2.75) is 118 Å². The minimum Gasteiger partial charge on any atom is -0.507 e. The van der Waals surface area contributed by atoms with Gasteiger partial charge in [-0.3, -0.25) is 40.9 Å². The van der Waals surface area contributed by atoms with Crippen molar-refractivity contribution in [2.24, 2.45) is 11.8 Å². The van der Waals surface area contributed by atoms with E-state index in [0.29, 0.717) is 25.7 Å². The van der Waals surface area contributed by atoms with E-state index in [1.807, 2.05) is 13.8 Å². The Kier molecular flexibility index (Phi) is 17.3. The van der Waals surface area contributed by atoms with Gasteiger partial charge in [0.15, 0.2) is 0 Å². The molecule has 46 heavy (non-hydrogen) atoms. The number of carbonyl (C=O) groups is 4. The molecule has 2 aromatic carbocycles. The molecule has 4 amide bonds. The summed E-state index contributed by atoms with van der Waals surface area (Å²) < 4.78 is 0. The first-order valence-corrected chi connectivity index (χ1v) is 17.0. The standard InChI is InChI=1S/C36H54N4O6/c1-5-9-11-15-25-17-21-29(31(41)23-25)35(45)39-37-33(43)27(13-7-3)19-20-28(14-8-4)34(44)38-40-36(46)30-22-18-26(24-32(30)42)16-12-10-6-2/h17-18,21-24,27-28,41-42H,5-16,19-20H2,1-4H3,(H,37,43)(H,38,44)(H,39,45)(H,40,46). The fourth-order valence-electron chi connectivity index (χ4n) is 5.50. The summed E-state index contributed by atoms with van der Waals surface area (Å²) in [5.74, 6) is -3.15. The Hall–Kier alpha value is -4.08. The van der Waals surface area contributed by atoms with E-state index >= 15 is 0 Å². The molecule has 0 fully saturated rings. The summed E-state index contributed by atoms with van der Waals surface area (Å²) >= 11 is 0. The van der Waals surface area contributed by atoms with Crippen LogP contribution in [0.5, 0.6) is 11.5 Å². The first kappa shape index (κ1) is 38.1. The highest BCUT2D eigenvalue weighted by atomic mass is 16.3. The van der Waals surface area contributed by atoms with Crippen LogP contribution in [0.1, 0.15) is 137 Å². The SMILES string of the molecule is CCCCCc1ccc(C(=O)NNC(=O)C(CCC)CCC(CCC)C(=O)NNC(=O)c2ccc(CCCCC)cc2O)c(O)c1. The van der Waals surface area contributed by atoms with Gasteiger partial charge in [0, 0.05) is 11.8 Å². The second-order valence-corrected chi connectivity index (χ2v) is 12.1. The van der Waals surface area contributed by atoms with E-state index in [-0.39, 0.29) is 34.4 Å². The Morgan fingerprint density at radius 1 is 0.543 bits per heavy atom. The van der Waals surface area contributed by atoms with Crippen molar-refractivity contribution in [3.05, 3.63) is 58.7 Å². The third-order valence-electron chi connectivity index (χ3n) is 8.23. The molecule has 10 nitrogen and oxygen atoms in total. The van der Waals surface area contributed by atoms with E-state index in [4.69, 9.17) is 0 Å². The predicted molar refractivity (Wildman–Crippen MR) is 180 cm³/mol. The van der Waals surface area contributed by atoms with Crippen molar-refractivity contribution in [1.29, 1.82) is 0 Å². The molecule has 10 heteroatoms. The summed E-state index contributed by atoms with van der Waals surface area (Å²) in [6.07, 6.45) is 11.4. The normalized spacial score (nSPS) is 12.2. The second-order valence-electron chi connectivity index (χ2n) is 12.1. The number of benzene rings is 2. The van der Waals surface area contributed by atoms with Gasteiger partial charge in [-0.25, -0.2) is 0 Å². The molecule has 0 saturated carbocycles. The van der Waals surface area contributed by atoms with Gasteiger partial charge >= 0.3 is 0 Å². The maximum Gasteiger partial charge on any atom is 0.273 e. The van der Waals surface area contributed by atoms with Gasteiger partial charge in [0.25, 0.3) is 11.8 Å². The molecule has 0 aliphatic rings. The van der Waals surface area contributed by atoms with E-state index in [1.54, 1.807) is 36.4 Å². The molecule has 0 aliphatic carbocycles. The van der Waals surface area contributed by atoms with E-state index < -0.39 is 23.7 Å². The lowest BCUT2D eigenvalue weighted by molar-refractivity contribution is -0.128. The third-order valence-corrected chi connectivity index (χ3v) is 8.23. The molecule has 0 saturated heterocycles. The highest BCUT2D eigenvalue weighted by Gasteiger charge is 2.25. The number of aromatic hydroxyl groups is 2. The van der Waals surface area contributed by atoms with Crippen LogP contribution in [0.3, 0.4) is 0 Å². The van der Waals surface area contributed by atoms with E-state index in [1.165, 1.54) is 0 Å². The lowest BCUT2D eigenvalue weighted by atomic mass is 9.89. The molecule has 0 aliphatic heterocycles. The zero-order valence-electron chi connectivity index (χ0n) is 28.0. The van der Waals surface area contributed by atoms with Gasteiger partial charge in [0.2, 0.25) is 11.8 Å². The lowest BCUT2D eigenvalue weighted by Gasteiger charge is -2.21. The minimum atomic E-state index is -0.614. The van der Waals surface area contributed by atoms with Crippen LogP contribution in [0.4, 0.5) is 0 Å². The average Bonchev–Trinajstić information content (AvgIpc) is 3.03. The average molecular weight is 639 g/mol. The number of rotatable bonds is 19. The van der Waals surface area contributed by atoms with Gasteiger partial charge in [0.1, 0.15) is 11.5 Å². The van der Waals surface area contributed by atoms with E-state index in [2.05, 4.69) is 35.6 Å². The molecule has 0 spiro atoms. The van der Waals surface area contributed by atoms with Gasteiger partial charge in [-0.15, -0.1) is 0 Å². The van der Waals surface area contributed by atoms with Crippen LogP contribution in [-0.2, 0) is 22.4 Å². The van der Waals surface area contributed by atoms with Gasteiger partial charge in [-0.05, 0) is 86.8 Å². The van der Waals surface area contributed by atoms with Crippen molar-refractivity contribution >= 4 is 23.6 Å². The molecule has 0 bridgehead atoms. The molecule has 2 aromatic rings. The maximum atomic E-state index is 13.0. The van der Waals surface area contributed by atoms with Crippen molar-refractivity contribution in [2.75, 3.05) is 0 Å². The Labute approximate surface area is 274 Å². The lowest BCUT2D eigenvalue weighted by Crippen LogP contribution is -2.46. The zero-order chi connectivity index (χ0) is 33.9. The molecule has 0 radical (unpaired) electrons. The smallest absolute Gasteiger partial charge is 0.273 e. The van der Waals surface area contributed by atoms with Gasteiger partial charge in [-0.2, -0.15) is 0 Å². The summed E-state index contributed by atoms with van der Waals surface area (Å²) in [7, 11) is 0. The first-order valence-electron chi connectivity index (χ1n) is 17.0. The molecule has 0 aromatic heterocycles.